The number of nitro groups is 1. The Labute approximate surface area is 157 Å². The molecule has 1 amide bonds. The predicted octanol–water partition coefficient (Wildman–Crippen LogP) is 2.39. The maximum Gasteiger partial charge on any atom is 0.286 e. The van der Waals surface area contributed by atoms with Gasteiger partial charge in [-0.15, -0.1) is 0 Å². The van der Waals surface area contributed by atoms with E-state index in [4.69, 9.17) is 18.9 Å². The van der Waals surface area contributed by atoms with Gasteiger partial charge in [-0.05, 0) is 12.8 Å². The van der Waals surface area contributed by atoms with Gasteiger partial charge in [0.25, 0.3) is 11.6 Å². The Morgan fingerprint density at radius 3 is 2.63 bits per heavy atom. The molecule has 1 aliphatic heterocycles. The monoisotopic (exact) mass is 380 g/mol. The fraction of sp³-hybridized carbons (Fsp3) is 0.500. The summed E-state index contributed by atoms with van der Waals surface area (Å²) in [5.74, 6) is -0.0706. The Morgan fingerprint density at radius 2 is 2.07 bits per heavy atom. The highest BCUT2D eigenvalue weighted by atomic mass is 16.7. The SMILES string of the molecule is C=CCOc1cc([N+](=O)[O-])c(C(=O)N2CCC[C@H]2C(OC)OC)cc1OC. The number of hydrogen-bond donors (Lipinski definition) is 0. The Bertz CT molecular complexity index is 703. The topological polar surface area (TPSA) is 100 Å². The Kier molecular flexibility index (Phi) is 7.14. The van der Waals surface area contributed by atoms with Crippen molar-refractivity contribution < 1.29 is 28.7 Å². The van der Waals surface area contributed by atoms with Gasteiger partial charge >= 0.3 is 0 Å². The third-order valence-electron chi connectivity index (χ3n) is 4.40. The number of methoxy groups -OCH3 is 3. The standard InChI is InChI=1S/C18H24N2O7/c1-5-9-27-16-11-14(20(22)23)12(10-15(16)24-2)17(21)19-8-6-7-13(19)18(25-3)26-4/h5,10-11,13,18H,1,6-9H2,2-4H3/t13-/m0/s1. The number of nitro benzene ring substituents is 1. The average molecular weight is 380 g/mol. The van der Waals surface area contributed by atoms with Gasteiger partial charge in [0.2, 0.25) is 0 Å². The molecular formula is C18H24N2O7. The maximum atomic E-state index is 13.1. The summed E-state index contributed by atoms with van der Waals surface area (Å²) in [4.78, 5) is 25.6. The van der Waals surface area contributed by atoms with Crippen LogP contribution in [0.15, 0.2) is 24.8 Å². The number of ether oxygens (including phenoxy) is 4. The van der Waals surface area contributed by atoms with E-state index in [1.54, 1.807) is 4.90 Å². The fourth-order valence-electron chi connectivity index (χ4n) is 3.19. The summed E-state index contributed by atoms with van der Waals surface area (Å²) in [5, 5.41) is 11.6. The van der Waals surface area contributed by atoms with Crippen molar-refractivity contribution in [2.75, 3.05) is 34.5 Å². The van der Waals surface area contributed by atoms with Gasteiger partial charge in [-0.2, -0.15) is 0 Å². The average Bonchev–Trinajstić information content (AvgIpc) is 3.15. The van der Waals surface area contributed by atoms with Crippen molar-refractivity contribution in [2.45, 2.75) is 25.2 Å². The van der Waals surface area contributed by atoms with E-state index in [0.29, 0.717) is 13.0 Å². The number of rotatable bonds is 9. The van der Waals surface area contributed by atoms with Gasteiger partial charge in [0, 0.05) is 26.8 Å². The van der Waals surface area contributed by atoms with Crippen molar-refractivity contribution in [3.05, 3.63) is 40.5 Å². The summed E-state index contributed by atoms with van der Waals surface area (Å²) in [6.45, 7) is 4.15. The van der Waals surface area contributed by atoms with E-state index < -0.39 is 17.1 Å². The van der Waals surface area contributed by atoms with Crippen LogP contribution in [0.4, 0.5) is 5.69 Å². The van der Waals surface area contributed by atoms with Gasteiger partial charge in [0.05, 0.1) is 24.1 Å². The van der Waals surface area contributed by atoms with E-state index >= 15 is 0 Å². The van der Waals surface area contributed by atoms with Crippen molar-refractivity contribution in [3.63, 3.8) is 0 Å². The third-order valence-corrected chi connectivity index (χ3v) is 4.40. The van der Waals surface area contributed by atoms with E-state index in [-0.39, 0.29) is 35.4 Å². The van der Waals surface area contributed by atoms with Gasteiger partial charge in [0.1, 0.15) is 12.2 Å². The van der Waals surface area contributed by atoms with E-state index in [9.17, 15) is 14.9 Å². The number of nitrogens with zero attached hydrogens (tertiary/aromatic N) is 2. The maximum absolute atomic E-state index is 13.1. The Hall–Kier alpha value is -2.65. The molecule has 1 aromatic carbocycles. The minimum Gasteiger partial charge on any atom is -0.493 e. The summed E-state index contributed by atoms with van der Waals surface area (Å²) < 4.78 is 21.2. The molecule has 0 N–H and O–H groups in total. The van der Waals surface area contributed by atoms with Gasteiger partial charge in [-0.1, -0.05) is 12.7 Å². The molecule has 1 heterocycles. The van der Waals surface area contributed by atoms with Crippen molar-refractivity contribution in [1.82, 2.24) is 4.90 Å². The Balaban J connectivity index is 2.44. The van der Waals surface area contributed by atoms with Crippen molar-refractivity contribution in [3.8, 4) is 11.5 Å². The van der Waals surface area contributed by atoms with Crippen LogP contribution < -0.4 is 9.47 Å². The molecule has 9 heteroatoms. The van der Waals surface area contributed by atoms with E-state index in [2.05, 4.69) is 6.58 Å². The second-order valence-electron chi connectivity index (χ2n) is 5.92. The molecule has 2 rings (SSSR count). The lowest BCUT2D eigenvalue weighted by Gasteiger charge is -2.29. The van der Waals surface area contributed by atoms with Crippen molar-refractivity contribution >= 4 is 11.6 Å². The molecule has 1 atom stereocenters. The van der Waals surface area contributed by atoms with Crippen LogP contribution in [0, 0.1) is 10.1 Å². The third kappa shape index (κ3) is 4.37. The molecule has 0 bridgehead atoms. The quantitative estimate of drug-likeness (QED) is 0.281. The number of amides is 1. The summed E-state index contributed by atoms with van der Waals surface area (Å²) in [6.07, 6.45) is 2.34. The molecule has 1 fully saturated rings. The van der Waals surface area contributed by atoms with Crippen LogP contribution in [0.5, 0.6) is 11.5 Å². The molecule has 9 nitrogen and oxygen atoms in total. The number of likely N-dealkylation sites (tertiary alicyclic amines) is 1. The lowest BCUT2D eigenvalue weighted by atomic mass is 10.1. The zero-order valence-electron chi connectivity index (χ0n) is 15.7. The van der Waals surface area contributed by atoms with Crippen LogP contribution >= 0.6 is 0 Å². The first kappa shape index (κ1) is 20.7. The molecule has 27 heavy (non-hydrogen) atoms. The molecule has 148 valence electrons. The molecule has 1 aliphatic rings. The lowest BCUT2D eigenvalue weighted by Crippen LogP contribution is -2.44. The minimum absolute atomic E-state index is 0.0688. The normalized spacial score (nSPS) is 16.4. The number of hydrogen-bond acceptors (Lipinski definition) is 7. The van der Waals surface area contributed by atoms with E-state index in [1.165, 1.54) is 39.5 Å². The van der Waals surface area contributed by atoms with Crippen LogP contribution in [-0.4, -0.2) is 62.5 Å². The van der Waals surface area contributed by atoms with Crippen LogP contribution in [-0.2, 0) is 9.47 Å². The molecule has 0 aliphatic carbocycles. The fourth-order valence-corrected chi connectivity index (χ4v) is 3.19. The molecule has 0 unspecified atom stereocenters. The summed E-state index contributed by atoms with van der Waals surface area (Å²) in [7, 11) is 4.39. The molecular weight excluding hydrogens is 356 g/mol. The second-order valence-corrected chi connectivity index (χ2v) is 5.92. The molecule has 1 aromatic rings. The molecule has 0 saturated carbocycles. The predicted molar refractivity (Wildman–Crippen MR) is 97.2 cm³/mol. The van der Waals surface area contributed by atoms with Crippen LogP contribution in [0.1, 0.15) is 23.2 Å². The van der Waals surface area contributed by atoms with Crippen LogP contribution in [0.3, 0.4) is 0 Å². The molecule has 0 aromatic heterocycles. The highest BCUT2D eigenvalue weighted by Crippen LogP contribution is 2.36. The van der Waals surface area contributed by atoms with E-state index in [0.717, 1.165) is 6.42 Å². The van der Waals surface area contributed by atoms with Gasteiger partial charge in [0.15, 0.2) is 17.8 Å². The largest absolute Gasteiger partial charge is 0.493 e. The first-order valence-electron chi connectivity index (χ1n) is 8.45. The highest BCUT2D eigenvalue weighted by molar-refractivity contribution is 5.99. The highest BCUT2D eigenvalue weighted by Gasteiger charge is 2.38. The van der Waals surface area contributed by atoms with Crippen LogP contribution in [0.25, 0.3) is 0 Å². The number of carbonyl (C=O) groups excluding carboxylic acids is 1. The number of carbonyl (C=O) groups is 1. The van der Waals surface area contributed by atoms with Gasteiger partial charge < -0.3 is 23.8 Å². The molecule has 0 spiro atoms. The first-order chi connectivity index (χ1) is 13.0. The van der Waals surface area contributed by atoms with E-state index in [1.807, 2.05) is 0 Å². The summed E-state index contributed by atoms with van der Waals surface area (Å²) >= 11 is 0. The summed E-state index contributed by atoms with van der Waals surface area (Å²) in [6, 6.07) is 2.21. The zero-order chi connectivity index (χ0) is 20.0. The van der Waals surface area contributed by atoms with Crippen molar-refractivity contribution in [2.24, 2.45) is 0 Å². The lowest BCUT2D eigenvalue weighted by molar-refractivity contribution is -0.385. The molecule has 1 saturated heterocycles. The smallest absolute Gasteiger partial charge is 0.286 e. The Morgan fingerprint density at radius 1 is 1.37 bits per heavy atom. The molecule has 0 radical (unpaired) electrons. The van der Waals surface area contributed by atoms with Gasteiger partial charge in [-0.3, -0.25) is 14.9 Å². The zero-order valence-corrected chi connectivity index (χ0v) is 15.7. The minimum atomic E-state index is -0.608. The summed E-state index contributed by atoms with van der Waals surface area (Å²) in [5.41, 5.74) is -0.419. The first-order valence-corrected chi connectivity index (χ1v) is 8.45. The van der Waals surface area contributed by atoms with Crippen molar-refractivity contribution in [1.29, 1.82) is 0 Å². The van der Waals surface area contributed by atoms with Gasteiger partial charge in [-0.25, -0.2) is 0 Å². The number of benzene rings is 1. The second kappa shape index (κ2) is 9.33. The van der Waals surface area contributed by atoms with Crippen LogP contribution in [0.2, 0.25) is 0 Å².